The van der Waals surface area contributed by atoms with Gasteiger partial charge in [0, 0.05) is 24.9 Å². The van der Waals surface area contributed by atoms with Gasteiger partial charge >= 0.3 is 0 Å². The van der Waals surface area contributed by atoms with Crippen LogP contribution in [0.25, 0.3) is 0 Å². The number of nitro groups is 1. The number of hydrogen-bond acceptors (Lipinski definition) is 5. The third-order valence-electron chi connectivity index (χ3n) is 4.06. The smallest absolute Gasteiger partial charge is 0.262 e. The number of likely N-dealkylation sites (N-methyl/N-ethyl adjacent to an activating group) is 1. The fourth-order valence-electron chi connectivity index (χ4n) is 2.77. The van der Waals surface area contributed by atoms with Crippen molar-refractivity contribution >= 4 is 28.9 Å². The van der Waals surface area contributed by atoms with E-state index in [9.17, 15) is 20.0 Å². The van der Waals surface area contributed by atoms with Gasteiger partial charge in [-0.05, 0) is 44.3 Å². The first kappa shape index (κ1) is 18.7. The number of rotatable bonds is 5. The summed E-state index contributed by atoms with van der Waals surface area (Å²) in [5.74, 6) is -0.869. The topological polar surface area (TPSA) is 111 Å². The van der Waals surface area contributed by atoms with Gasteiger partial charge in [0.15, 0.2) is 5.11 Å². The lowest BCUT2D eigenvalue weighted by Crippen LogP contribution is -2.47. The molecule has 2 N–H and O–H groups in total. The van der Waals surface area contributed by atoms with Crippen molar-refractivity contribution in [2.75, 3.05) is 13.1 Å². The van der Waals surface area contributed by atoms with Gasteiger partial charge < -0.3 is 20.6 Å². The molecule has 0 spiro atoms. The fourth-order valence-corrected chi connectivity index (χ4v) is 3.04. The van der Waals surface area contributed by atoms with Gasteiger partial charge in [-0.25, -0.2) is 0 Å². The molecule has 9 heteroatoms. The van der Waals surface area contributed by atoms with Crippen molar-refractivity contribution in [3.63, 3.8) is 0 Å². The van der Waals surface area contributed by atoms with Gasteiger partial charge in [0.25, 0.3) is 11.6 Å². The second kappa shape index (κ2) is 7.47. The molecule has 0 bridgehead atoms. The molecule has 2 rings (SSSR count). The largest absolute Gasteiger partial charge is 0.868 e. The van der Waals surface area contributed by atoms with Crippen LogP contribution in [0.4, 0.5) is 5.69 Å². The molecule has 0 radical (unpaired) electrons. The van der Waals surface area contributed by atoms with E-state index in [0.29, 0.717) is 35.0 Å². The van der Waals surface area contributed by atoms with Crippen LogP contribution in [-0.2, 0) is 4.79 Å². The Hall–Kier alpha value is -2.68. The molecule has 0 fully saturated rings. The fraction of sp³-hybridized carbons (Fsp3) is 0.375. The summed E-state index contributed by atoms with van der Waals surface area (Å²) >= 11 is 5.16. The number of carbonyl (C=O) groups excluding carboxylic acids is 1. The number of thiocarbonyl (C=S) groups is 1. The Balaban J connectivity index is 2.55. The van der Waals surface area contributed by atoms with E-state index in [1.165, 1.54) is 12.1 Å². The summed E-state index contributed by atoms with van der Waals surface area (Å²) in [5.41, 5.74) is 0.908. The first-order valence-electron chi connectivity index (χ1n) is 7.83. The molecule has 0 unspecified atom stereocenters. The number of hydrogen-bond donors (Lipinski definition) is 2. The normalized spacial score (nSPS) is 16.9. The summed E-state index contributed by atoms with van der Waals surface area (Å²) in [4.78, 5) is 24.9. The number of benzene rings is 1. The minimum absolute atomic E-state index is 0.191. The highest BCUT2D eigenvalue weighted by Gasteiger charge is 2.32. The maximum Gasteiger partial charge on any atom is 0.262 e. The minimum atomic E-state index is -0.728. The number of amides is 1. The maximum absolute atomic E-state index is 12.9. The van der Waals surface area contributed by atoms with Crippen LogP contribution in [0.15, 0.2) is 29.5 Å². The summed E-state index contributed by atoms with van der Waals surface area (Å²) < 4.78 is 0. The lowest BCUT2D eigenvalue weighted by molar-refractivity contribution is -0.398. The molecule has 1 heterocycles. The predicted molar refractivity (Wildman–Crippen MR) is 94.8 cm³/mol. The van der Waals surface area contributed by atoms with Crippen LogP contribution < -0.4 is 15.7 Å². The van der Waals surface area contributed by atoms with Gasteiger partial charge in [0.1, 0.15) is 0 Å². The van der Waals surface area contributed by atoms with Gasteiger partial charge in [-0.2, -0.15) is 0 Å². The Morgan fingerprint density at radius 1 is 1.36 bits per heavy atom. The second-order valence-corrected chi connectivity index (χ2v) is 5.94. The SMILES string of the molecule is CCN(CC)C(=O)C1=C(C)NC(=S)N[C@@H]1c1ccc([O-])c([N+](=O)[O-])c1. The molecule has 1 atom stereocenters. The van der Waals surface area contributed by atoms with Crippen LogP contribution in [0.5, 0.6) is 5.75 Å². The van der Waals surface area contributed by atoms with Crippen molar-refractivity contribution in [3.8, 4) is 5.75 Å². The van der Waals surface area contributed by atoms with E-state index in [0.717, 1.165) is 6.07 Å². The molecular weight excluding hydrogens is 344 g/mol. The molecule has 0 aliphatic carbocycles. The molecule has 8 nitrogen and oxygen atoms in total. The van der Waals surface area contributed by atoms with E-state index >= 15 is 0 Å². The second-order valence-electron chi connectivity index (χ2n) is 5.53. The molecule has 25 heavy (non-hydrogen) atoms. The van der Waals surface area contributed by atoms with Crippen LogP contribution in [-0.4, -0.2) is 33.9 Å². The molecule has 1 aliphatic heterocycles. The Morgan fingerprint density at radius 2 is 2.00 bits per heavy atom. The maximum atomic E-state index is 12.9. The van der Waals surface area contributed by atoms with E-state index in [2.05, 4.69) is 10.6 Å². The van der Waals surface area contributed by atoms with Gasteiger partial charge in [-0.15, -0.1) is 0 Å². The van der Waals surface area contributed by atoms with Gasteiger partial charge in [-0.3, -0.25) is 14.9 Å². The Labute approximate surface area is 150 Å². The molecule has 1 aromatic rings. The Morgan fingerprint density at radius 3 is 2.56 bits per heavy atom. The zero-order chi connectivity index (χ0) is 18.7. The molecule has 0 saturated carbocycles. The van der Waals surface area contributed by atoms with Crippen molar-refractivity contribution in [1.29, 1.82) is 0 Å². The van der Waals surface area contributed by atoms with Crippen molar-refractivity contribution in [2.45, 2.75) is 26.8 Å². The molecule has 0 aromatic heterocycles. The van der Waals surface area contributed by atoms with Gasteiger partial charge in [-0.1, -0.05) is 12.1 Å². The molecule has 1 amide bonds. The van der Waals surface area contributed by atoms with Crippen LogP contribution in [0, 0.1) is 10.1 Å². The van der Waals surface area contributed by atoms with Crippen LogP contribution >= 0.6 is 12.2 Å². The van der Waals surface area contributed by atoms with E-state index < -0.39 is 22.4 Å². The van der Waals surface area contributed by atoms with E-state index in [-0.39, 0.29) is 5.91 Å². The highest BCUT2D eigenvalue weighted by Crippen LogP contribution is 2.33. The van der Waals surface area contributed by atoms with Crippen LogP contribution in [0.2, 0.25) is 0 Å². The first-order chi connectivity index (χ1) is 11.8. The van der Waals surface area contributed by atoms with Crippen LogP contribution in [0.1, 0.15) is 32.4 Å². The summed E-state index contributed by atoms with van der Waals surface area (Å²) in [6.07, 6.45) is 0. The third kappa shape index (κ3) is 3.71. The average molecular weight is 363 g/mol. The number of carbonyl (C=O) groups is 1. The standard InChI is InChI=1S/C16H20N4O4S/c1-4-19(5-2)15(22)13-9(3)17-16(25)18-14(13)10-6-7-12(21)11(8-10)20(23)24/h6-8,14,21H,4-5H2,1-3H3,(H2,17,18,25)/p-1/t14-/m1/s1. The summed E-state index contributed by atoms with van der Waals surface area (Å²) in [6, 6.07) is 3.14. The molecule has 1 aliphatic rings. The van der Waals surface area contributed by atoms with E-state index in [1.54, 1.807) is 11.8 Å². The quantitative estimate of drug-likeness (QED) is 0.461. The number of nitrogens with one attached hydrogen (secondary N) is 2. The summed E-state index contributed by atoms with van der Waals surface area (Å²) in [5, 5.41) is 28.9. The zero-order valence-corrected chi connectivity index (χ0v) is 15.0. The first-order valence-corrected chi connectivity index (χ1v) is 8.23. The third-order valence-corrected chi connectivity index (χ3v) is 4.28. The number of nitrogens with zero attached hydrogens (tertiary/aromatic N) is 2. The minimum Gasteiger partial charge on any atom is -0.868 e. The zero-order valence-electron chi connectivity index (χ0n) is 14.2. The van der Waals surface area contributed by atoms with Crippen molar-refractivity contribution in [1.82, 2.24) is 15.5 Å². The summed E-state index contributed by atoms with van der Waals surface area (Å²) in [7, 11) is 0. The Kier molecular flexibility index (Phi) is 5.58. The molecule has 134 valence electrons. The van der Waals surface area contributed by atoms with Crippen LogP contribution in [0.3, 0.4) is 0 Å². The highest BCUT2D eigenvalue weighted by molar-refractivity contribution is 7.80. The van der Waals surface area contributed by atoms with E-state index in [1.807, 2.05) is 13.8 Å². The Bertz CT molecular complexity index is 759. The molecular formula is C16H19N4O4S-. The van der Waals surface area contributed by atoms with E-state index in [4.69, 9.17) is 12.2 Å². The van der Waals surface area contributed by atoms with Crippen molar-refractivity contribution in [3.05, 3.63) is 45.1 Å². The number of nitro benzene ring substituents is 1. The van der Waals surface area contributed by atoms with Gasteiger partial charge in [0.05, 0.1) is 16.5 Å². The highest BCUT2D eigenvalue weighted by atomic mass is 32.1. The lowest BCUT2D eigenvalue weighted by Gasteiger charge is -2.33. The number of allylic oxidation sites excluding steroid dienone is 1. The predicted octanol–water partition coefficient (Wildman–Crippen LogP) is 1.33. The van der Waals surface area contributed by atoms with Crippen molar-refractivity contribution < 1.29 is 14.8 Å². The van der Waals surface area contributed by atoms with Gasteiger partial charge in [0.2, 0.25) is 0 Å². The summed E-state index contributed by atoms with van der Waals surface area (Å²) in [6.45, 7) is 6.54. The van der Waals surface area contributed by atoms with Crippen molar-refractivity contribution in [2.24, 2.45) is 0 Å². The average Bonchev–Trinajstić information content (AvgIpc) is 2.55. The molecule has 1 aromatic carbocycles. The molecule has 0 saturated heterocycles. The lowest BCUT2D eigenvalue weighted by atomic mass is 9.94. The monoisotopic (exact) mass is 363 g/mol.